The van der Waals surface area contributed by atoms with Crippen molar-refractivity contribution in [1.29, 1.82) is 0 Å². The topological polar surface area (TPSA) is 50.2 Å². The predicted molar refractivity (Wildman–Crippen MR) is 69.5 cm³/mol. The van der Waals surface area contributed by atoms with Crippen LogP contribution in [0.4, 0.5) is 0 Å². The number of aromatic carboxylic acids is 1. The Balaban J connectivity index is 2.30. The van der Waals surface area contributed by atoms with Gasteiger partial charge in [0.15, 0.2) is 5.69 Å². The van der Waals surface area contributed by atoms with Gasteiger partial charge in [-0.05, 0) is 36.4 Å². The van der Waals surface area contributed by atoms with Crippen molar-refractivity contribution in [2.45, 2.75) is 9.79 Å². The van der Waals surface area contributed by atoms with Gasteiger partial charge in [-0.3, -0.25) is 0 Å². The fourth-order valence-electron chi connectivity index (χ4n) is 1.26. The maximum Gasteiger partial charge on any atom is 0.355 e. The van der Waals surface area contributed by atoms with Crippen LogP contribution in [-0.4, -0.2) is 16.1 Å². The fraction of sp³-hybridized carbons (Fsp3) is 0. The van der Waals surface area contributed by atoms with Crippen LogP contribution in [0.5, 0.6) is 0 Å². The first-order valence-electron chi connectivity index (χ1n) is 4.78. The standard InChI is InChI=1S/C12H8BrNO2S/c13-8-3-5-9(6-4-8)17-10-2-1-7-14-11(10)12(15)16/h1-7H,(H,15,16). The van der Waals surface area contributed by atoms with Crippen molar-refractivity contribution in [2.75, 3.05) is 0 Å². The molecule has 0 radical (unpaired) electrons. The lowest BCUT2D eigenvalue weighted by Crippen LogP contribution is -2.01. The zero-order valence-corrected chi connectivity index (χ0v) is 11.0. The van der Waals surface area contributed by atoms with Crippen LogP contribution in [0.3, 0.4) is 0 Å². The predicted octanol–water partition coefficient (Wildman–Crippen LogP) is 3.69. The Kier molecular flexibility index (Phi) is 3.81. The van der Waals surface area contributed by atoms with Gasteiger partial charge in [-0.2, -0.15) is 0 Å². The molecule has 0 spiro atoms. The quantitative estimate of drug-likeness (QED) is 0.939. The Morgan fingerprint density at radius 2 is 1.94 bits per heavy atom. The molecule has 0 aliphatic carbocycles. The third kappa shape index (κ3) is 3.08. The fourth-order valence-corrected chi connectivity index (χ4v) is 2.44. The van der Waals surface area contributed by atoms with Gasteiger partial charge < -0.3 is 5.11 Å². The Labute approximate surface area is 111 Å². The molecule has 2 aromatic rings. The van der Waals surface area contributed by atoms with Crippen LogP contribution in [0.1, 0.15) is 10.5 Å². The number of halogens is 1. The molecule has 0 saturated carbocycles. The van der Waals surface area contributed by atoms with Crippen LogP contribution in [-0.2, 0) is 0 Å². The number of hydrogen-bond donors (Lipinski definition) is 1. The van der Waals surface area contributed by atoms with E-state index in [9.17, 15) is 4.79 Å². The molecule has 0 unspecified atom stereocenters. The molecule has 1 aromatic carbocycles. The minimum Gasteiger partial charge on any atom is -0.476 e. The zero-order valence-electron chi connectivity index (χ0n) is 8.63. The Bertz CT molecular complexity index is 542. The van der Waals surface area contributed by atoms with E-state index in [-0.39, 0.29) is 5.69 Å². The molecule has 0 amide bonds. The first kappa shape index (κ1) is 12.1. The highest BCUT2D eigenvalue weighted by Crippen LogP contribution is 2.30. The molecule has 3 nitrogen and oxygen atoms in total. The summed E-state index contributed by atoms with van der Waals surface area (Å²) in [4.78, 5) is 16.5. The van der Waals surface area contributed by atoms with Gasteiger partial charge in [-0.1, -0.05) is 27.7 Å². The molecular weight excluding hydrogens is 302 g/mol. The van der Waals surface area contributed by atoms with Crippen molar-refractivity contribution >= 4 is 33.7 Å². The molecule has 17 heavy (non-hydrogen) atoms. The van der Waals surface area contributed by atoms with Crippen LogP contribution in [0.2, 0.25) is 0 Å². The first-order chi connectivity index (χ1) is 8.16. The largest absolute Gasteiger partial charge is 0.476 e. The molecule has 0 aliphatic rings. The molecule has 1 N–H and O–H groups in total. The normalized spacial score (nSPS) is 10.2. The molecular formula is C12H8BrNO2S. The van der Waals surface area contributed by atoms with Crippen LogP contribution < -0.4 is 0 Å². The Morgan fingerprint density at radius 1 is 1.24 bits per heavy atom. The third-order valence-electron chi connectivity index (χ3n) is 2.01. The summed E-state index contributed by atoms with van der Waals surface area (Å²) in [5.74, 6) is -1.01. The van der Waals surface area contributed by atoms with E-state index in [2.05, 4.69) is 20.9 Å². The number of pyridine rings is 1. The number of rotatable bonds is 3. The van der Waals surface area contributed by atoms with Gasteiger partial charge in [0.05, 0.1) is 0 Å². The second-order valence-electron chi connectivity index (χ2n) is 3.21. The van der Waals surface area contributed by atoms with E-state index in [1.807, 2.05) is 24.3 Å². The highest BCUT2D eigenvalue weighted by Gasteiger charge is 2.11. The average Bonchev–Trinajstić information content (AvgIpc) is 2.32. The van der Waals surface area contributed by atoms with E-state index in [1.54, 1.807) is 12.1 Å². The number of aromatic nitrogens is 1. The van der Waals surface area contributed by atoms with E-state index < -0.39 is 5.97 Å². The molecule has 0 aliphatic heterocycles. The highest BCUT2D eigenvalue weighted by atomic mass is 79.9. The van der Waals surface area contributed by atoms with Gasteiger partial charge in [0.2, 0.25) is 0 Å². The summed E-state index contributed by atoms with van der Waals surface area (Å²) in [6.45, 7) is 0. The number of carboxylic acids is 1. The third-order valence-corrected chi connectivity index (χ3v) is 3.60. The summed E-state index contributed by atoms with van der Waals surface area (Å²) in [5, 5.41) is 9.00. The van der Waals surface area contributed by atoms with Gasteiger partial charge in [0, 0.05) is 20.5 Å². The molecule has 2 rings (SSSR count). The van der Waals surface area contributed by atoms with Crippen LogP contribution in [0.15, 0.2) is 56.9 Å². The number of hydrogen-bond acceptors (Lipinski definition) is 3. The molecule has 0 bridgehead atoms. The maximum absolute atomic E-state index is 11.0. The maximum atomic E-state index is 11.0. The highest BCUT2D eigenvalue weighted by molar-refractivity contribution is 9.10. The van der Waals surface area contributed by atoms with Crippen molar-refractivity contribution in [3.05, 3.63) is 52.8 Å². The average molecular weight is 310 g/mol. The molecule has 1 aromatic heterocycles. The monoisotopic (exact) mass is 309 g/mol. The second-order valence-corrected chi connectivity index (χ2v) is 5.24. The lowest BCUT2D eigenvalue weighted by atomic mass is 10.3. The number of benzene rings is 1. The molecule has 1 heterocycles. The molecule has 86 valence electrons. The molecule has 0 fully saturated rings. The minimum atomic E-state index is -1.01. The second kappa shape index (κ2) is 5.33. The van der Waals surface area contributed by atoms with Gasteiger partial charge >= 0.3 is 5.97 Å². The molecule has 0 atom stereocenters. The van der Waals surface area contributed by atoms with Gasteiger partial charge in [0.1, 0.15) is 0 Å². The van der Waals surface area contributed by atoms with E-state index >= 15 is 0 Å². The summed E-state index contributed by atoms with van der Waals surface area (Å²) < 4.78 is 0.992. The van der Waals surface area contributed by atoms with E-state index in [1.165, 1.54) is 18.0 Å². The minimum absolute atomic E-state index is 0.0837. The summed E-state index contributed by atoms with van der Waals surface area (Å²) >= 11 is 4.74. The van der Waals surface area contributed by atoms with E-state index in [0.717, 1.165) is 9.37 Å². The number of carboxylic acid groups (broad SMARTS) is 1. The van der Waals surface area contributed by atoms with Crippen molar-refractivity contribution in [3.63, 3.8) is 0 Å². The summed E-state index contributed by atoms with van der Waals surface area (Å²) in [7, 11) is 0. The lowest BCUT2D eigenvalue weighted by molar-refractivity contribution is 0.0686. The zero-order chi connectivity index (χ0) is 12.3. The molecule has 5 heteroatoms. The first-order valence-corrected chi connectivity index (χ1v) is 6.39. The number of carbonyl (C=O) groups is 1. The van der Waals surface area contributed by atoms with Crippen molar-refractivity contribution < 1.29 is 9.90 Å². The van der Waals surface area contributed by atoms with Crippen LogP contribution in [0, 0.1) is 0 Å². The Hall–Kier alpha value is -1.33. The molecule has 0 saturated heterocycles. The van der Waals surface area contributed by atoms with E-state index in [0.29, 0.717) is 4.90 Å². The van der Waals surface area contributed by atoms with Crippen molar-refractivity contribution in [1.82, 2.24) is 4.98 Å². The Morgan fingerprint density at radius 3 is 2.59 bits per heavy atom. The SMILES string of the molecule is O=C(O)c1ncccc1Sc1ccc(Br)cc1. The number of nitrogens with zero attached hydrogens (tertiary/aromatic N) is 1. The van der Waals surface area contributed by atoms with Gasteiger partial charge in [0.25, 0.3) is 0 Å². The van der Waals surface area contributed by atoms with E-state index in [4.69, 9.17) is 5.11 Å². The smallest absolute Gasteiger partial charge is 0.355 e. The van der Waals surface area contributed by atoms with Crippen molar-refractivity contribution in [3.8, 4) is 0 Å². The summed E-state index contributed by atoms with van der Waals surface area (Å²) in [5.41, 5.74) is 0.0837. The summed E-state index contributed by atoms with van der Waals surface area (Å²) in [6, 6.07) is 11.2. The van der Waals surface area contributed by atoms with Crippen LogP contribution >= 0.6 is 27.7 Å². The van der Waals surface area contributed by atoms with Crippen molar-refractivity contribution in [2.24, 2.45) is 0 Å². The summed E-state index contributed by atoms with van der Waals surface area (Å²) in [6.07, 6.45) is 1.48. The van der Waals surface area contributed by atoms with Crippen LogP contribution in [0.25, 0.3) is 0 Å². The lowest BCUT2D eigenvalue weighted by Gasteiger charge is -2.04. The van der Waals surface area contributed by atoms with Gasteiger partial charge in [-0.15, -0.1) is 0 Å². The van der Waals surface area contributed by atoms with Gasteiger partial charge in [-0.25, -0.2) is 9.78 Å².